The smallest absolute Gasteiger partial charge is 0.373 e. The van der Waals surface area contributed by atoms with E-state index in [0.717, 1.165) is 16.8 Å². The van der Waals surface area contributed by atoms with Gasteiger partial charge in [-0.15, -0.1) is 0 Å². The molecule has 15 heavy (non-hydrogen) atoms. The number of halogens is 1. The van der Waals surface area contributed by atoms with E-state index in [0.29, 0.717) is 0 Å². The number of rotatable bonds is 3. The Morgan fingerprint density at radius 1 is 1.40 bits per heavy atom. The molecule has 0 aliphatic heterocycles. The number of methoxy groups -OCH3 is 1. The van der Waals surface area contributed by atoms with E-state index >= 15 is 0 Å². The predicted molar refractivity (Wildman–Crippen MR) is 51.8 cm³/mol. The summed E-state index contributed by atoms with van der Waals surface area (Å²) in [7, 11) is 7.51. The summed E-state index contributed by atoms with van der Waals surface area (Å²) in [6.45, 7) is 0.747. The van der Waals surface area contributed by atoms with Crippen LogP contribution in [0.1, 0.15) is 16.3 Å². The molecule has 0 aliphatic carbocycles. The second-order valence-electron chi connectivity index (χ2n) is 4.21. The van der Waals surface area contributed by atoms with Crippen molar-refractivity contribution in [1.29, 1.82) is 0 Å². The highest BCUT2D eigenvalue weighted by Crippen LogP contribution is 2.12. The maximum atomic E-state index is 11.1. The van der Waals surface area contributed by atoms with Crippen LogP contribution >= 0.6 is 0 Å². The summed E-state index contributed by atoms with van der Waals surface area (Å²) in [5.41, 5.74) is 0. The molecule has 1 aromatic rings. The molecule has 86 valence electrons. The number of quaternary nitrogens is 1. The number of ether oxygens (including phenoxy) is 1. The van der Waals surface area contributed by atoms with Gasteiger partial charge in [0.25, 0.3) is 0 Å². The van der Waals surface area contributed by atoms with Crippen LogP contribution in [-0.4, -0.2) is 38.7 Å². The van der Waals surface area contributed by atoms with Gasteiger partial charge in [0.15, 0.2) is 5.76 Å². The quantitative estimate of drug-likeness (QED) is 0.377. The minimum absolute atomic E-state index is 0. The number of carbonyl (C=O) groups excluding carboxylic acids is 1. The van der Waals surface area contributed by atoms with Crippen LogP contribution in [0.5, 0.6) is 0 Å². The predicted octanol–water partition coefficient (Wildman–Crippen LogP) is -1.72. The van der Waals surface area contributed by atoms with Gasteiger partial charge >= 0.3 is 5.97 Å². The van der Waals surface area contributed by atoms with Gasteiger partial charge in [-0.1, -0.05) is 0 Å². The summed E-state index contributed by atoms with van der Waals surface area (Å²) >= 11 is 0. The molecule has 1 aromatic heterocycles. The highest BCUT2D eigenvalue weighted by molar-refractivity contribution is 5.86. The van der Waals surface area contributed by atoms with Crippen LogP contribution in [-0.2, 0) is 11.3 Å². The van der Waals surface area contributed by atoms with Crippen LogP contribution in [0.4, 0.5) is 0 Å². The standard InChI is InChI=1S/C10H16NO3.HI/c1-11(2,3)7-8-5-6-9(14-8)10(12)13-4;/h5-6H,7H2,1-4H3;1H/q+1;/p-1. The van der Waals surface area contributed by atoms with Crippen molar-refractivity contribution >= 4 is 5.97 Å². The van der Waals surface area contributed by atoms with Gasteiger partial charge in [0.2, 0.25) is 5.76 Å². The normalized spacial score (nSPS) is 10.7. The van der Waals surface area contributed by atoms with Gasteiger partial charge in [-0.05, 0) is 12.1 Å². The first-order valence-electron chi connectivity index (χ1n) is 4.40. The third-order valence-electron chi connectivity index (χ3n) is 1.68. The molecule has 1 rings (SSSR count). The van der Waals surface area contributed by atoms with E-state index in [1.54, 1.807) is 12.1 Å². The third-order valence-corrected chi connectivity index (χ3v) is 1.68. The molecule has 5 heteroatoms. The van der Waals surface area contributed by atoms with Crippen LogP contribution < -0.4 is 24.0 Å². The van der Waals surface area contributed by atoms with Crippen molar-refractivity contribution in [3.63, 3.8) is 0 Å². The number of furan rings is 1. The highest BCUT2D eigenvalue weighted by Gasteiger charge is 2.15. The average Bonchev–Trinajstić information content (AvgIpc) is 2.48. The first kappa shape index (κ1) is 14.4. The molecule has 0 saturated heterocycles. The fourth-order valence-electron chi connectivity index (χ4n) is 1.14. The summed E-state index contributed by atoms with van der Waals surface area (Å²) in [6.07, 6.45) is 0. The van der Waals surface area contributed by atoms with Crippen LogP contribution in [0.15, 0.2) is 16.5 Å². The molecule has 0 radical (unpaired) electrons. The molecule has 0 N–H and O–H groups in total. The summed E-state index contributed by atoms with van der Waals surface area (Å²) in [5, 5.41) is 0. The zero-order valence-corrected chi connectivity index (χ0v) is 11.6. The summed E-state index contributed by atoms with van der Waals surface area (Å²) < 4.78 is 10.6. The molecule has 0 aromatic carbocycles. The lowest BCUT2D eigenvalue weighted by Crippen LogP contribution is -3.00. The fraction of sp³-hybridized carbons (Fsp3) is 0.500. The van der Waals surface area contributed by atoms with Crippen molar-refractivity contribution in [3.8, 4) is 0 Å². The maximum absolute atomic E-state index is 11.1. The average molecular weight is 325 g/mol. The molecule has 0 saturated carbocycles. The lowest BCUT2D eigenvalue weighted by Gasteiger charge is -2.22. The minimum Gasteiger partial charge on any atom is -1.00 e. The summed E-state index contributed by atoms with van der Waals surface area (Å²) in [5.74, 6) is 0.617. The van der Waals surface area contributed by atoms with Crippen molar-refractivity contribution < 1.29 is 42.4 Å². The maximum Gasteiger partial charge on any atom is 0.373 e. The first-order valence-corrected chi connectivity index (χ1v) is 4.40. The molecule has 0 bridgehead atoms. The van der Waals surface area contributed by atoms with Crippen molar-refractivity contribution in [3.05, 3.63) is 23.7 Å². The SMILES string of the molecule is COC(=O)c1ccc(C[N+](C)(C)C)o1.[I-]. The number of hydrogen-bond acceptors (Lipinski definition) is 3. The van der Waals surface area contributed by atoms with Gasteiger partial charge in [-0.2, -0.15) is 0 Å². The van der Waals surface area contributed by atoms with E-state index in [-0.39, 0.29) is 29.7 Å². The highest BCUT2D eigenvalue weighted by atomic mass is 127. The van der Waals surface area contributed by atoms with Gasteiger partial charge < -0.3 is 37.6 Å². The Kier molecular flexibility index (Phi) is 5.30. The van der Waals surface area contributed by atoms with Gasteiger partial charge in [-0.25, -0.2) is 4.79 Å². The van der Waals surface area contributed by atoms with Gasteiger partial charge in [0.1, 0.15) is 6.54 Å². The number of carbonyl (C=O) groups is 1. The Hall–Kier alpha value is -0.560. The summed E-state index contributed by atoms with van der Waals surface area (Å²) in [4.78, 5) is 11.1. The van der Waals surface area contributed by atoms with E-state index in [1.165, 1.54) is 7.11 Å². The molecule has 0 unspecified atom stereocenters. The van der Waals surface area contributed by atoms with E-state index in [1.807, 2.05) is 0 Å². The van der Waals surface area contributed by atoms with E-state index in [9.17, 15) is 4.79 Å². The molecule has 4 nitrogen and oxygen atoms in total. The van der Waals surface area contributed by atoms with Crippen molar-refractivity contribution in [1.82, 2.24) is 0 Å². The van der Waals surface area contributed by atoms with Gasteiger partial charge in [0, 0.05) is 0 Å². The first-order chi connectivity index (χ1) is 6.42. The van der Waals surface area contributed by atoms with E-state index in [4.69, 9.17) is 4.42 Å². The third kappa shape index (κ3) is 4.65. The Balaban J connectivity index is 0.00000196. The van der Waals surface area contributed by atoms with Crippen molar-refractivity contribution in [2.24, 2.45) is 0 Å². The zero-order valence-electron chi connectivity index (χ0n) is 9.41. The zero-order chi connectivity index (χ0) is 10.8. The second kappa shape index (κ2) is 5.50. The lowest BCUT2D eigenvalue weighted by molar-refractivity contribution is -0.884. The monoisotopic (exact) mass is 325 g/mol. The van der Waals surface area contributed by atoms with Gasteiger partial charge in [-0.3, -0.25) is 0 Å². The van der Waals surface area contributed by atoms with Crippen LogP contribution in [0, 0.1) is 0 Å². The topological polar surface area (TPSA) is 39.4 Å². The second-order valence-corrected chi connectivity index (χ2v) is 4.21. The molecule has 1 heterocycles. The Bertz CT molecular complexity index is 328. The van der Waals surface area contributed by atoms with Crippen LogP contribution in [0.3, 0.4) is 0 Å². The number of hydrogen-bond donors (Lipinski definition) is 0. The fourth-order valence-corrected chi connectivity index (χ4v) is 1.14. The number of nitrogens with zero attached hydrogens (tertiary/aromatic N) is 1. The number of esters is 1. The Morgan fingerprint density at radius 3 is 2.47 bits per heavy atom. The molecule has 0 aliphatic rings. The molecule has 0 atom stereocenters. The molecular weight excluding hydrogens is 309 g/mol. The lowest BCUT2D eigenvalue weighted by atomic mass is 10.4. The Morgan fingerprint density at radius 2 is 2.00 bits per heavy atom. The molecular formula is C10H16INO3. The summed E-state index contributed by atoms with van der Waals surface area (Å²) in [6, 6.07) is 3.44. The van der Waals surface area contributed by atoms with Crippen molar-refractivity contribution in [2.45, 2.75) is 6.54 Å². The minimum atomic E-state index is -0.433. The largest absolute Gasteiger partial charge is 1.00 e. The van der Waals surface area contributed by atoms with Crippen LogP contribution in [0.2, 0.25) is 0 Å². The molecule has 0 spiro atoms. The molecule has 0 fully saturated rings. The van der Waals surface area contributed by atoms with E-state index in [2.05, 4.69) is 25.9 Å². The van der Waals surface area contributed by atoms with Gasteiger partial charge in [0.05, 0.1) is 28.3 Å². The Labute approximate surface area is 107 Å². The van der Waals surface area contributed by atoms with Crippen LogP contribution in [0.25, 0.3) is 0 Å². The van der Waals surface area contributed by atoms with E-state index < -0.39 is 5.97 Å². The van der Waals surface area contributed by atoms with Crippen molar-refractivity contribution in [2.75, 3.05) is 28.3 Å². The molecule has 0 amide bonds.